The minimum absolute atomic E-state index is 0.105. The van der Waals surface area contributed by atoms with Gasteiger partial charge in [-0.3, -0.25) is 29.8 Å². The fourth-order valence-electron chi connectivity index (χ4n) is 2.95. The first kappa shape index (κ1) is 22.1. The summed E-state index contributed by atoms with van der Waals surface area (Å²) in [6.07, 6.45) is 0. The van der Waals surface area contributed by atoms with Gasteiger partial charge in [-0.2, -0.15) is 0 Å². The van der Waals surface area contributed by atoms with E-state index in [9.17, 15) is 29.8 Å². The Balaban J connectivity index is 1.70. The molecular formula is C22H18N4O6. The molecule has 0 spiro atoms. The maximum Gasteiger partial charge on any atom is 0.274 e. The molecule has 0 saturated heterocycles. The van der Waals surface area contributed by atoms with Crippen LogP contribution in [-0.2, 0) is 0 Å². The normalized spacial score (nSPS) is 10.3. The topological polar surface area (TPSA) is 144 Å². The van der Waals surface area contributed by atoms with E-state index in [1.54, 1.807) is 26.0 Å². The zero-order chi connectivity index (χ0) is 23.4. The third kappa shape index (κ3) is 4.93. The standard InChI is InChI=1S/C22H18N4O6/c1-13-3-9-17(11-19(13)25(29)30)23-21(27)15-5-7-16(8-6-15)22(28)24-18-10-4-14(2)20(12-18)26(31)32/h3-12H,1-2H3,(H,23,27)(H,24,28). The molecule has 0 atom stereocenters. The lowest BCUT2D eigenvalue weighted by Gasteiger charge is -2.08. The summed E-state index contributed by atoms with van der Waals surface area (Å²) in [4.78, 5) is 45.9. The third-order valence-electron chi connectivity index (χ3n) is 4.74. The van der Waals surface area contributed by atoms with Gasteiger partial charge in [0.05, 0.1) is 9.85 Å². The maximum absolute atomic E-state index is 12.4. The largest absolute Gasteiger partial charge is 0.322 e. The molecule has 0 saturated carbocycles. The van der Waals surface area contributed by atoms with Gasteiger partial charge >= 0.3 is 0 Å². The fraction of sp³-hybridized carbons (Fsp3) is 0.0909. The van der Waals surface area contributed by atoms with Gasteiger partial charge in [0.2, 0.25) is 0 Å². The van der Waals surface area contributed by atoms with Crippen molar-refractivity contribution in [3.05, 3.63) is 103 Å². The van der Waals surface area contributed by atoms with Crippen molar-refractivity contribution < 1.29 is 19.4 Å². The van der Waals surface area contributed by atoms with Gasteiger partial charge in [0.25, 0.3) is 23.2 Å². The number of hydrogen-bond donors (Lipinski definition) is 2. The Kier molecular flexibility index (Phi) is 6.24. The number of hydrogen-bond acceptors (Lipinski definition) is 6. The van der Waals surface area contributed by atoms with Crippen LogP contribution in [-0.4, -0.2) is 21.7 Å². The predicted octanol–water partition coefficient (Wildman–Crippen LogP) is 4.62. The molecule has 32 heavy (non-hydrogen) atoms. The third-order valence-corrected chi connectivity index (χ3v) is 4.74. The van der Waals surface area contributed by atoms with E-state index in [0.717, 1.165) is 0 Å². The minimum Gasteiger partial charge on any atom is -0.322 e. The molecule has 0 radical (unpaired) electrons. The van der Waals surface area contributed by atoms with Gasteiger partial charge in [0.15, 0.2) is 0 Å². The van der Waals surface area contributed by atoms with E-state index in [-0.39, 0.29) is 33.9 Å². The predicted molar refractivity (Wildman–Crippen MR) is 118 cm³/mol. The average molecular weight is 434 g/mol. The molecule has 3 rings (SSSR count). The summed E-state index contributed by atoms with van der Waals surface area (Å²) in [6.45, 7) is 3.20. The van der Waals surface area contributed by atoms with Crippen LogP contribution in [0.15, 0.2) is 60.7 Å². The van der Waals surface area contributed by atoms with E-state index in [0.29, 0.717) is 11.1 Å². The van der Waals surface area contributed by atoms with Crippen molar-refractivity contribution in [3.8, 4) is 0 Å². The lowest BCUT2D eigenvalue weighted by atomic mass is 10.1. The van der Waals surface area contributed by atoms with Crippen LogP contribution in [0.25, 0.3) is 0 Å². The van der Waals surface area contributed by atoms with Crippen LogP contribution in [0.5, 0.6) is 0 Å². The molecule has 2 N–H and O–H groups in total. The number of nitrogens with one attached hydrogen (secondary N) is 2. The first-order valence-electron chi connectivity index (χ1n) is 9.38. The number of aryl methyl sites for hydroxylation is 2. The van der Waals surface area contributed by atoms with Crippen molar-refractivity contribution in [3.63, 3.8) is 0 Å². The van der Waals surface area contributed by atoms with Crippen molar-refractivity contribution in [1.82, 2.24) is 0 Å². The first-order chi connectivity index (χ1) is 15.2. The highest BCUT2D eigenvalue weighted by Gasteiger charge is 2.15. The number of anilines is 2. The zero-order valence-corrected chi connectivity index (χ0v) is 17.1. The molecule has 0 aromatic heterocycles. The molecule has 0 aliphatic heterocycles. The van der Waals surface area contributed by atoms with E-state index >= 15 is 0 Å². The Morgan fingerprint density at radius 2 is 1.00 bits per heavy atom. The second kappa shape index (κ2) is 9.04. The summed E-state index contributed by atoms with van der Waals surface area (Å²) >= 11 is 0. The van der Waals surface area contributed by atoms with Crippen molar-refractivity contribution in [1.29, 1.82) is 0 Å². The highest BCUT2D eigenvalue weighted by Crippen LogP contribution is 2.24. The second-order valence-electron chi connectivity index (χ2n) is 7.00. The number of nitro benzene ring substituents is 2. The van der Waals surface area contributed by atoms with E-state index in [1.165, 1.54) is 48.5 Å². The molecule has 0 aliphatic rings. The quantitative estimate of drug-likeness (QED) is 0.428. The SMILES string of the molecule is Cc1ccc(NC(=O)c2ccc(C(=O)Nc3ccc(C)c([N+](=O)[O-])c3)cc2)cc1[N+](=O)[O-]. The molecule has 3 aromatic rings. The molecule has 0 heterocycles. The lowest BCUT2D eigenvalue weighted by molar-refractivity contribution is -0.385. The number of carbonyl (C=O) groups is 2. The number of benzene rings is 3. The van der Waals surface area contributed by atoms with Crippen molar-refractivity contribution in [2.75, 3.05) is 10.6 Å². The molecule has 0 aliphatic carbocycles. The van der Waals surface area contributed by atoms with Crippen LogP contribution in [0.2, 0.25) is 0 Å². The molecule has 10 nitrogen and oxygen atoms in total. The van der Waals surface area contributed by atoms with Crippen LogP contribution in [0.4, 0.5) is 22.7 Å². The van der Waals surface area contributed by atoms with Crippen LogP contribution >= 0.6 is 0 Å². The summed E-state index contributed by atoms with van der Waals surface area (Å²) < 4.78 is 0. The highest BCUT2D eigenvalue weighted by atomic mass is 16.6. The molecule has 162 valence electrons. The van der Waals surface area contributed by atoms with E-state index in [2.05, 4.69) is 10.6 Å². The second-order valence-corrected chi connectivity index (χ2v) is 7.00. The molecule has 0 bridgehead atoms. The van der Waals surface area contributed by atoms with Crippen LogP contribution in [0.3, 0.4) is 0 Å². The highest BCUT2D eigenvalue weighted by molar-refractivity contribution is 6.07. The first-order valence-corrected chi connectivity index (χ1v) is 9.38. The Hall–Kier alpha value is -4.60. The van der Waals surface area contributed by atoms with Gasteiger partial charge in [-0.1, -0.05) is 12.1 Å². The van der Waals surface area contributed by atoms with Gasteiger partial charge in [0.1, 0.15) is 0 Å². The Bertz CT molecular complexity index is 1140. The van der Waals surface area contributed by atoms with Crippen LogP contribution in [0.1, 0.15) is 31.8 Å². The summed E-state index contributed by atoms with van der Waals surface area (Å²) in [5, 5.41) is 27.3. The number of nitro groups is 2. The van der Waals surface area contributed by atoms with Gasteiger partial charge in [-0.25, -0.2) is 0 Å². The molecule has 0 fully saturated rings. The summed E-state index contributed by atoms with van der Waals surface area (Å²) in [5.41, 5.74) is 1.78. The number of carbonyl (C=O) groups excluding carboxylic acids is 2. The van der Waals surface area contributed by atoms with Crippen molar-refractivity contribution >= 4 is 34.6 Å². The van der Waals surface area contributed by atoms with Crippen LogP contribution < -0.4 is 10.6 Å². The number of amides is 2. The van der Waals surface area contributed by atoms with Crippen molar-refractivity contribution in [2.24, 2.45) is 0 Å². The lowest BCUT2D eigenvalue weighted by Crippen LogP contribution is -2.14. The molecule has 10 heteroatoms. The van der Waals surface area contributed by atoms with Gasteiger partial charge in [-0.05, 0) is 50.2 Å². The van der Waals surface area contributed by atoms with E-state index < -0.39 is 21.7 Å². The Morgan fingerprint density at radius 3 is 1.31 bits per heavy atom. The number of nitrogens with zero attached hydrogens (tertiary/aromatic N) is 2. The molecule has 0 unspecified atom stereocenters. The monoisotopic (exact) mass is 434 g/mol. The van der Waals surface area contributed by atoms with E-state index in [4.69, 9.17) is 0 Å². The molecular weight excluding hydrogens is 416 g/mol. The van der Waals surface area contributed by atoms with Gasteiger partial charge in [0, 0.05) is 45.8 Å². The Labute approximate surface area is 182 Å². The van der Waals surface area contributed by atoms with Crippen LogP contribution in [0, 0.1) is 34.1 Å². The summed E-state index contributed by atoms with van der Waals surface area (Å²) in [6, 6.07) is 14.5. The smallest absolute Gasteiger partial charge is 0.274 e. The summed E-state index contributed by atoms with van der Waals surface area (Å²) in [5.74, 6) is -0.992. The summed E-state index contributed by atoms with van der Waals surface area (Å²) in [7, 11) is 0. The van der Waals surface area contributed by atoms with Gasteiger partial charge in [-0.15, -0.1) is 0 Å². The zero-order valence-electron chi connectivity index (χ0n) is 17.1. The minimum atomic E-state index is -0.527. The maximum atomic E-state index is 12.4. The molecule has 2 amide bonds. The molecule has 3 aromatic carbocycles. The Morgan fingerprint density at radius 1 is 0.656 bits per heavy atom. The van der Waals surface area contributed by atoms with Gasteiger partial charge < -0.3 is 10.6 Å². The van der Waals surface area contributed by atoms with Crippen molar-refractivity contribution in [2.45, 2.75) is 13.8 Å². The number of rotatable bonds is 6. The average Bonchev–Trinajstić information content (AvgIpc) is 2.76. The van der Waals surface area contributed by atoms with E-state index in [1.807, 2.05) is 0 Å². The fourth-order valence-corrected chi connectivity index (χ4v) is 2.95.